The Morgan fingerprint density at radius 3 is 2.37 bits per heavy atom. The summed E-state index contributed by atoms with van der Waals surface area (Å²) in [5, 5.41) is 0.596. The third kappa shape index (κ3) is 3.69. The van der Waals surface area contributed by atoms with Gasteiger partial charge in [0.25, 0.3) is 5.91 Å². The summed E-state index contributed by atoms with van der Waals surface area (Å²) in [5.41, 5.74) is 1.28. The highest BCUT2D eigenvalue weighted by Crippen LogP contribution is 2.34. The second kappa shape index (κ2) is 7.68. The van der Waals surface area contributed by atoms with Crippen molar-refractivity contribution in [1.29, 1.82) is 0 Å². The van der Waals surface area contributed by atoms with Crippen LogP contribution in [0.4, 0.5) is 18.9 Å². The first-order valence-corrected chi connectivity index (χ1v) is 8.73. The molecule has 0 N–H and O–H groups in total. The average molecular weight is 399 g/mol. The Bertz CT molecular complexity index is 884. The monoisotopic (exact) mass is 398 g/mol. The standard InChI is InChI=1S/C19H18ClF3N2O2/c1-11-9-15(16(27-2)10-13(11)20)24-5-7-25(8-6-24)19(26)12-3-4-14(21)18(23)17(12)22/h3-4,9-10H,5-8H2,1-2H3. The van der Waals surface area contributed by atoms with E-state index in [2.05, 4.69) is 0 Å². The molecule has 4 nitrogen and oxygen atoms in total. The van der Waals surface area contributed by atoms with E-state index in [1.165, 1.54) is 4.90 Å². The predicted molar refractivity (Wildman–Crippen MR) is 97.2 cm³/mol. The molecule has 1 heterocycles. The van der Waals surface area contributed by atoms with Crippen LogP contribution in [0.1, 0.15) is 15.9 Å². The van der Waals surface area contributed by atoms with Crippen LogP contribution >= 0.6 is 11.6 Å². The zero-order chi connectivity index (χ0) is 19.7. The molecule has 3 rings (SSSR count). The molecule has 1 saturated heterocycles. The number of aryl methyl sites for hydroxylation is 1. The Morgan fingerprint density at radius 2 is 1.74 bits per heavy atom. The summed E-state index contributed by atoms with van der Waals surface area (Å²) >= 11 is 6.13. The normalized spacial score (nSPS) is 14.4. The van der Waals surface area contributed by atoms with Crippen LogP contribution in [-0.4, -0.2) is 44.1 Å². The van der Waals surface area contributed by atoms with Crippen LogP contribution in [0.25, 0.3) is 0 Å². The molecule has 8 heteroatoms. The van der Waals surface area contributed by atoms with Crippen LogP contribution in [-0.2, 0) is 0 Å². The van der Waals surface area contributed by atoms with Gasteiger partial charge in [0, 0.05) is 37.3 Å². The molecule has 1 aliphatic heterocycles. The van der Waals surface area contributed by atoms with Gasteiger partial charge in [-0.3, -0.25) is 4.79 Å². The average Bonchev–Trinajstić information content (AvgIpc) is 2.67. The van der Waals surface area contributed by atoms with Crippen molar-refractivity contribution in [1.82, 2.24) is 4.90 Å². The second-order valence-corrected chi connectivity index (χ2v) is 6.68. The molecule has 0 spiro atoms. The fraction of sp³-hybridized carbons (Fsp3) is 0.316. The van der Waals surface area contributed by atoms with E-state index in [1.54, 1.807) is 13.2 Å². The van der Waals surface area contributed by atoms with Crippen molar-refractivity contribution in [3.8, 4) is 5.75 Å². The smallest absolute Gasteiger partial charge is 0.257 e. The largest absolute Gasteiger partial charge is 0.495 e. The van der Waals surface area contributed by atoms with E-state index in [4.69, 9.17) is 16.3 Å². The summed E-state index contributed by atoms with van der Waals surface area (Å²) in [5.74, 6) is -4.46. The van der Waals surface area contributed by atoms with Gasteiger partial charge >= 0.3 is 0 Å². The van der Waals surface area contributed by atoms with Crippen molar-refractivity contribution in [2.45, 2.75) is 6.92 Å². The van der Waals surface area contributed by atoms with Crippen molar-refractivity contribution in [2.75, 3.05) is 38.2 Å². The number of piperazine rings is 1. The Labute approximate surface area is 160 Å². The molecule has 0 bridgehead atoms. The lowest BCUT2D eigenvalue weighted by Gasteiger charge is -2.37. The first-order chi connectivity index (χ1) is 12.8. The molecular formula is C19H18ClF3N2O2. The Balaban J connectivity index is 1.75. The predicted octanol–water partition coefficient (Wildman–Crippen LogP) is 4.04. The number of amides is 1. The van der Waals surface area contributed by atoms with E-state index in [0.717, 1.165) is 23.4 Å². The summed E-state index contributed by atoms with van der Waals surface area (Å²) in [6.45, 7) is 3.46. The summed E-state index contributed by atoms with van der Waals surface area (Å²) in [6.07, 6.45) is 0. The molecule has 0 atom stereocenters. The summed E-state index contributed by atoms with van der Waals surface area (Å²) in [6, 6.07) is 5.37. The van der Waals surface area contributed by atoms with Crippen molar-refractivity contribution < 1.29 is 22.7 Å². The van der Waals surface area contributed by atoms with Crippen molar-refractivity contribution in [2.24, 2.45) is 0 Å². The molecule has 2 aromatic carbocycles. The molecule has 0 aromatic heterocycles. The van der Waals surface area contributed by atoms with E-state index >= 15 is 0 Å². The Hall–Kier alpha value is -2.41. The molecule has 1 aliphatic rings. The maximum absolute atomic E-state index is 13.9. The highest BCUT2D eigenvalue weighted by molar-refractivity contribution is 6.31. The number of rotatable bonds is 3. The first-order valence-electron chi connectivity index (χ1n) is 8.35. The van der Waals surface area contributed by atoms with E-state index in [9.17, 15) is 18.0 Å². The number of nitrogens with zero attached hydrogens (tertiary/aromatic N) is 2. The fourth-order valence-corrected chi connectivity index (χ4v) is 3.22. The molecule has 0 radical (unpaired) electrons. The van der Waals surface area contributed by atoms with Gasteiger partial charge in [-0.2, -0.15) is 0 Å². The van der Waals surface area contributed by atoms with Crippen LogP contribution in [0.15, 0.2) is 24.3 Å². The number of carbonyl (C=O) groups excluding carboxylic acids is 1. The molecule has 27 heavy (non-hydrogen) atoms. The number of hydrogen-bond acceptors (Lipinski definition) is 3. The zero-order valence-corrected chi connectivity index (χ0v) is 15.6. The fourth-order valence-electron chi connectivity index (χ4n) is 3.07. The maximum atomic E-state index is 13.9. The quantitative estimate of drug-likeness (QED) is 0.732. The van der Waals surface area contributed by atoms with Crippen LogP contribution < -0.4 is 9.64 Å². The molecule has 2 aromatic rings. The lowest BCUT2D eigenvalue weighted by molar-refractivity contribution is 0.0740. The molecule has 1 fully saturated rings. The van der Waals surface area contributed by atoms with Gasteiger partial charge in [0.05, 0.1) is 18.4 Å². The van der Waals surface area contributed by atoms with Gasteiger partial charge in [-0.25, -0.2) is 13.2 Å². The Kier molecular flexibility index (Phi) is 5.51. The summed E-state index contributed by atoms with van der Waals surface area (Å²) < 4.78 is 45.7. The number of hydrogen-bond donors (Lipinski definition) is 0. The third-order valence-electron chi connectivity index (χ3n) is 4.63. The number of ether oxygens (including phenoxy) is 1. The first kappa shape index (κ1) is 19.4. The lowest BCUT2D eigenvalue weighted by Crippen LogP contribution is -2.49. The Morgan fingerprint density at radius 1 is 1.07 bits per heavy atom. The van der Waals surface area contributed by atoms with Crippen molar-refractivity contribution >= 4 is 23.2 Å². The third-order valence-corrected chi connectivity index (χ3v) is 5.04. The zero-order valence-electron chi connectivity index (χ0n) is 14.9. The number of halogens is 4. The van der Waals surface area contributed by atoms with E-state index in [0.29, 0.717) is 37.0 Å². The minimum absolute atomic E-state index is 0.308. The van der Waals surface area contributed by atoms with Gasteiger partial charge in [-0.15, -0.1) is 0 Å². The molecule has 0 saturated carbocycles. The van der Waals surface area contributed by atoms with E-state index in [-0.39, 0.29) is 0 Å². The van der Waals surface area contributed by atoms with Crippen LogP contribution in [0.5, 0.6) is 5.75 Å². The van der Waals surface area contributed by atoms with Crippen LogP contribution in [0.2, 0.25) is 5.02 Å². The van der Waals surface area contributed by atoms with Gasteiger partial charge in [0.2, 0.25) is 0 Å². The summed E-state index contributed by atoms with van der Waals surface area (Å²) in [4.78, 5) is 15.9. The maximum Gasteiger partial charge on any atom is 0.257 e. The van der Waals surface area contributed by atoms with Gasteiger partial charge < -0.3 is 14.5 Å². The lowest BCUT2D eigenvalue weighted by atomic mass is 10.1. The SMILES string of the molecule is COc1cc(Cl)c(C)cc1N1CCN(C(=O)c2ccc(F)c(F)c2F)CC1. The van der Waals surface area contributed by atoms with Gasteiger partial charge in [0.1, 0.15) is 5.75 Å². The van der Waals surface area contributed by atoms with Crippen molar-refractivity contribution in [3.05, 3.63) is 57.9 Å². The molecular weight excluding hydrogens is 381 g/mol. The topological polar surface area (TPSA) is 32.8 Å². The van der Waals surface area contributed by atoms with Crippen LogP contribution in [0.3, 0.4) is 0 Å². The minimum atomic E-state index is -1.64. The molecule has 0 unspecified atom stereocenters. The van der Waals surface area contributed by atoms with Crippen LogP contribution in [0, 0.1) is 24.4 Å². The number of methoxy groups -OCH3 is 1. The summed E-state index contributed by atoms with van der Waals surface area (Å²) in [7, 11) is 1.55. The highest BCUT2D eigenvalue weighted by atomic mass is 35.5. The molecule has 144 valence electrons. The van der Waals surface area contributed by atoms with E-state index < -0.39 is 28.9 Å². The van der Waals surface area contributed by atoms with Gasteiger partial charge in [-0.1, -0.05) is 11.6 Å². The molecule has 0 aliphatic carbocycles. The van der Waals surface area contributed by atoms with Crippen molar-refractivity contribution in [3.63, 3.8) is 0 Å². The number of carbonyl (C=O) groups is 1. The second-order valence-electron chi connectivity index (χ2n) is 6.28. The highest BCUT2D eigenvalue weighted by Gasteiger charge is 2.27. The van der Waals surface area contributed by atoms with Gasteiger partial charge in [0.15, 0.2) is 17.5 Å². The van der Waals surface area contributed by atoms with Gasteiger partial charge in [-0.05, 0) is 30.7 Å². The molecule has 1 amide bonds. The number of anilines is 1. The van der Waals surface area contributed by atoms with E-state index in [1.807, 2.05) is 17.9 Å². The minimum Gasteiger partial charge on any atom is -0.495 e. The number of benzene rings is 2.